The lowest BCUT2D eigenvalue weighted by molar-refractivity contribution is 0.0597. The summed E-state index contributed by atoms with van der Waals surface area (Å²) < 4.78 is 6.73. The highest BCUT2D eigenvalue weighted by Crippen LogP contribution is 2.35. The Balaban J connectivity index is 2.40. The van der Waals surface area contributed by atoms with Crippen LogP contribution in [0.15, 0.2) is 0 Å². The maximum Gasteiger partial charge on any atom is 0.341 e. The van der Waals surface area contributed by atoms with E-state index < -0.39 is 0 Å². The van der Waals surface area contributed by atoms with Crippen molar-refractivity contribution in [3.05, 3.63) is 17.0 Å². The molecule has 0 aromatic carbocycles. The van der Waals surface area contributed by atoms with Crippen LogP contribution in [-0.4, -0.2) is 22.9 Å². The number of carbonyl (C=O) groups excluding carboxylic acids is 1. The number of esters is 1. The molecular formula is C13H20N2O2. The topological polar surface area (TPSA) is 44.1 Å². The van der Waals surface area contributed by atoms with E-state index in [1.807, 2.05) is 18.7 Å². The predicted molar refractivity (Wildman–Crippen MR) is 65.1 cm³/mol. The highest BCUT2D eigenvalue weighted by molar-refractivity contribution is 5.92. The Bertz CT molecular complexity index is 417. The van der Waals surface area contributed by atoms with Gasteiger partial charge in [0, 0.05) is 13.0 Å². The monoisotopic (exact) mass is 236 g/mol. The first-order valence-corrected chi connectivity index (χ1v) is 6.27. The van der Waals surface area contributed by atoms with E-state index >= 15 is 0 Å². The molecule has 1 fully saturated rings. The minimum Gasteiger partial charge on any atom is -0.465 e. The van der Waals surface area contributed by atoms with Gasteiger partial charge in [-0.05, 0) is 19.8 Å². The van der Waals surface area contributed by atoms with Crippen LogP contribution in [0.2, 0.25) is 0 Å². The highest BCUT2D eigenvalue weighted by atomic mass is 16.5. The Kier molecular flexibility index (Phi) is 3.50. The minimum absolute atomic E-state index is 0.254. The number of hydrogen-bond donors (Lipinski definition) is 0. The number of aromatic nitrogens is 2. The van der Waals surface area contributed by atoms with Crippen LogP contribution in [-0.2, 0) is 11.8 Å². The number of carbonyl (C=O) groups is 1. The quantitative estimate of drug-likeness (QED) is 0.741. The van der Waals surface area contributed by atoms with Crippen LogP contribution in [0.1, 0.15) is 59.8 Å². The molecule has 0 saturated heterocycles. The van der Waals surface area contributed by atoms with Gasteiger partial charge in [-0.1, -0.05) is 19.3 Å². The SMILES string of the molecule is COC(=O)c1c(C)nn(C)c1C1CCCCC1. The molecule has 1 aromatic rings. The van der Waals surface area contributed by atoms with E-state index in [1.165, 1.54) is 26.4 Å². The van der Waals surface area contributed by atoms with Gasteiger partial charge in [0.1, 0.15) is 5.56 Å². The summed E-state index contributed by atoms with van der Waals surface area (Å²) in [5.41, 5.74) is 2.52. The molecule has 2 rings (SSSR count). The number of hydrogen-bond acceptors (Lipinski definition) is 3. The van der Waals surface area contributed by atoms with Crippen molar-refractivity contribution in [1.29, 1.82) is 0 Å². The number of aryl methyl sites for hydroxylation is 2. The van der Waals surface area contributed by atoms with Gasteiger partial charge in [-0.15, -0.1) is 0 Å². The molecule has 4 heteroatoms. The van der Waals surface area contributed by atoms with Gasteiger partial charge >= 0.3 is 5.97 Å². The Morgan fingerprint density at radius 3 is 2.59 bits per heavy atom. The van der Waals surface area contributed by atoms with Crippen LogP contribution in [0.3, 0.4) is 0 Å². The maximum absolute atomic E-state index is 11.8. The summed E-state index contributed by atoms with van der Waals surface area (Å²) in [6.45, 7) is 1.87. The lowest BCUT2D eigenvalue weighted by Crippen LogP contribution is -2.14. The molecule has 0 amide bonds. The largest absolute Gasteiger partial charge is 0.465 e. The van der Waals surface area contributed by atoms with Gasteiger partial charge < -0.3 is 4.74 Å². The second-order valence-corrected chi connectivity index (χ2v) is 4.80. The number of nitrogens with zero attached hydrogens (tertiary/aromatic N) is 2. The fraction of sp³-hybridized carbons (Fsp3) is 0.692. The van der Waals surface area contributed by atoms with E-state index in [9.17, 15) is 4.79 Å². The van der Waals surface area contributed by atoms with Gasteiger partial charge in [0.15, 0.2) is 0 Å². The maximum atomic E-state index is 11.8. The van der Waals surface area contributed by atoms with Crippen LogP contribution < -0.4 is 0 Å². The van der Waals surface area contributed by atoms with Crippen molar-refractivity contribution in [3.63, 3.8) is 0 Å². The van der Waals surface area contributed by atoms with Crippen LogP contribution in [0, 0.1) is 6.92 Å². The van der Waals surface area contributed by atoms with Crippen molar-refractivity contribution in [2.24, 2.45) is 7.05 Å². The van der Waals surface area contributed by atoms with Crippen molar-refractivity contribution < 1.29 is 9.53 Å². The molecule has 0 atom stereocenters. The van der Waals surface area contributed by atoms with Crippen LogP contribution in [0.4, 0.5) is 0 Å². The van der Waals surface area contributed by atoms with Crippen molar-refractivity contribution in [3.8, 4) is 0 Å². The van der Waals surface area contributed by atoms with Crippen LogP contribution >= 0.6 is 0 Å². The van der Waals surface area contributed by atoms with E-state index in [0.717, 1.165) is 24.2 Å². The van der Waals surface area contributed by atoms with Gasteiger partial charge in [0.05, 0.1) is 18.5 Å². The van der Waals surface area contributed by atoms with Crippen molar-refractivity contribution in [2.45, 2.75) is 44.9 Å². The molecule has 1 aliphatic carbocycles. The summed E-state index contributed by atoms with van der Waals surface area (Å²) in [5.74, 6) is 0.209. The normalized spacial score (nSPS) is 17.1. The molecular weight excluding hydrogens is 216 g/mol. The van der Waals surface area contributed by atoms with E-state index in [0.29, 0.717) is 11.5 Å². The molecule has 1 heterocycles. The second-order valence-electron chi connectivity index (χ2n) is 4.80. The van der Waals surface area contributed by atoms with Gasteiger partial charge in [0.25, 0.3) is 0 Å². The highest BCUT2D eigenvalue weighted by Gasteiger charge is 2.27. The van der Waals surface area contributed by atoms with Gasteiger partial charge in [-0.25, -0.2) is 4.79 Å². The third-order valence-electron chi connectivity index (χ3n) is 3.65. The Morgan fingerprint density at radius 1 is 1.35 bits per heavy atom. The second kappa shape index (κ2) is 4.90. The predicted octanol–water partition coefficient (Wildman–Crippen LogP) is 2.56. The summed E-state index contributed by atoms with van der Waals surface area (Å²) in [5, 5.41) is 4.37. The first-order chi connectivity index (χ1) is 8.15. The fourth-order valence-electron chi connectivity index (χ4n) is 2.87. The Morgan fingerprint density at radius 2 is 2.00 bits per heavy atom. The summed E-state index contributed by atoms with van der Waals surface area (Å²) in [7, 11) is 3.35. The van der Waals surface area contributed by atoms with Crippen LogP contribution in [0.5, 0.6) is 0 Å². The van der Waals surface area contributed by atoms with Crippen LogP contribution in [0.25, 0.3) is 0 Å². The third kappa shape index (κ3) is 2.21. The lowest BCUT2D eigenvalue weighted by atomic mass is 9.85. The zero-order valence-corrected chi connectivity index (χ0v) is 10.8. The average molecular weight is 236 g/mol. The van der Waals surface area contributed by atoms with E-state index in [4.69, 9.17) is 4.74 Å². The molecule has 0 aliphatic heterocycles. The first kappa shape index (κ1) is 12.1. The summed E-state index contributed by atoms with van der Waals surface area (Å²) >= 11 is 0. The molecule has 0 unspecified atom stereocenters. The molecule has 0 radical (unpaired) electrons. The van der Waals surface area contributed by atoms with Crippen molar-refractivity contribution >= 4 is 5.97 Å². The molecule has 0 N–H and O–H groups in total. The number of ether oxygens (including phenoxy) is 1. The molecule has 1 saturated carbocycles. The molecule has 0 bridgehead atoms. The first-order valence-electron chi connectivity index (χ1n) is 6.27. The summed E-state index contributed by atoms with van der Waals surface area (Å²) in [4.78, 5) is 11.8. The molecule has 1 aliphatic rings. The summed E-state index contributed by atoms with van der Waals surface area (Å²) in [6.07, 6.45) is 6.11. The van der Waals surface area contributed by atoms with Gasteiger partial charge in [-0.2, -0.15) is 5.10 Å². The molecule has 4 nitrogen and oxygen atoms in total. The smallest absolute Gasteiger partial charge is 0.341 e. The van der Waals surface area contributed by atoms with E-state index in [-0.39, 0.29) is 5.97 Å². The summed E-state index contributed by atoms with van der Waals surface area (Å²) in [6, 6.07) is 0. The van der Waals surface area contributed by atoms with Crippen molar-refractivity contribution in [2.75, 3.05) is 7.11 Å². The third-order valence-corrected chi connectivity index (χ3v) is 3.65. The Labute approximate surface area is 102 Å². The molecule has 17 heavy (non-hydrogen) atoms. The molecule has 94 valence electrons. The Hall–Kier alpha value is -1.32. The van der Waals surface area contributed by atoms with Gasteiger partial charge in [0.2, 0.25) is 0 Å². The zero-order chi connectivity index (χ0) is 12.4. The standard InChI is InChI=1S/C13H20N2O2/c1-9-11(13(16)17-3)12(15(2)14-9)10-7-5-4-6-8-10/h10H,4-8H2,1-3H3. The lowest BCUT2D eigenvalue weighted by Gasteiger charge is -2.22. The van der Waals surface area contributed by atoms with E-state index in [2.05, 4.69) is 5.10 Å². The molecule has 0 spiro atoms. The zero-order valence-electron chi connectivity index (χ0n) is 10.8. The fourth-order valence-corrected chi connectivity index (χ4v) is 2.87. The minimum atomic E-state index is -0.254. The molecule has 1 aromatic heterocycles. The van der Waals surface area contributed by atoms with E-state index in [1.54, 1.807) is 0 Å². The average Bonchev–Trinajstić information content (AvgIpc) is 2.64. The number of rotatable bonds is 2. The van der Waals surface area contributed by atoms with Gasteiger partial charge in [-0.3, -0.25) is 4.68 Å². The van der Waals surface area contributed by atoms with Crippen molar-refractivity contribution in [1.82, 2.24) is 9.78 Å². The number of methoxy groups -OCH3 is 1.